The summed E-state index contributed by atoms with van der Waals surface area (Å²) in [6.07, 6.45) is 0. The summed E-state index contributed by atoms with van der Waals surface area (Å²) in [5.41, 5.74) is 0.832. The minimum atomic E-state index is 0.201. The second kappa shape index (κ2) is 6.40. The molecule has 5 nitrogen and oxygen atoms in total. The van der Waals surface area contributed by atoms with Gasteiger partial charge in [-0.25, -0.2) is 0 Å². The summed E-state index contributed by atoms with van der Waals surface area (Å²) in [4.78, 5) is 4.90. The van der Waals surface area contributed by atoms with Gasteiger partial charge < -0.3 is 15.2 Å². The topological polar surface area (TPSA) is 48.0 Å². The van der Waals surface area contributed by atoms with Crippen molar-refractivity contribution in [1.82, 2.24) is 15.1 Å². The molecule has 0 aromatic heterocycles. The van der Waals surface area contributed by atoms with Crippen LogP contribution in [0.15, 0.2) is 12.1 Å². The van der Waals surface area contributed by atoms with Crippen molar-refractivity contribution in [1.29, 1.82) is 0 Å². The number of hydrogen-bond donors (Lipinski definition) is 2. The molecule has 21 heavy (non-hydrogen) atoms. The van der Waals surface area contributed by atoms with Gasteiger partial charge in [-0.2, -0.15) is 0 Å². The van der Waals surface area contributed by atoms with Crippen molar-refractivity contribution in [2.75, 3.05) is 46.4 Å². The zero-order chi connectivity index (χ0) is 14.8. The quantitative estimate of drug-likeness (QED) is 0.873. The molecule has 1 aromatic carbocycles. The second-order valence-electron chi connectivity index (χ2n) is 5.74. The Bertz CT molecular complexity index is 500. The summed E-state index contributed by atoms with van der Waals surface area (Å²) in [7, 11) is 1.54. The smallest absolute Gasteiger partial charge is 0.162 e. The lowest BCUT2D eigenvalue weighted by Crippen LogP contribution is -2.61. The molecular formula is C15H22ClN3O2. The second-order valence-corrected chi connectivity index (χ2v) is 6.18. The van der Waals surface area contributed by atoms with Crippen LogP contribution in [0.5, 0.6) is 11.5 Å². The monoisotopic (exact) mass is 311 g/mol. The Morgan fingerprint density at radius 2 is 2.00 bits per heavy atom. The Morgan fingerprint density at radius 3 is 2.57 bits per heavy atom. The van der Waals surface area contributed by atoms with E-state index in [0.717, 1.165) is 44.8 Å². The summed E-state index contributed by atoms with van der Waals surface area (Å²) in [6, 6.07) is 4.18. The molecule has 2 fully saturated rings. The van der Waals surface area contributed by atoms with Crippen LogP contribution in [0.25, 0.3) is 0 Å². The molecule has 0 spiro atoms. The molecule has 2 aliphatic rings. The molecule has 6 heteroatoms. The van der Waals surface area contributed by atoms with Crippen LogP contribution in [0.4, 0.5) is 0 Å². The summed E-state index contributed by atoms with van der Waals surface area (Å²) in [6.45, 7) is 7.16. The number of nitrogens with zero attached hydrogens (tertiary/aromatic N) is 2. The predicted molar refractivity (Wildman–Crippen MR) is 83.2 cm³/mol. The van der Waals surface area contributed by atoms with E-state index in [1.165, 1.54) is 0 Å². The molecule has 2 saturated heterocycles. The fourth-order valence-electron chi connectivity index (χ4n) is 2.96. The molecular weight excluding hydrogens is 290 g/mol. The highest BCUT2D eigenvalue weighted by Crippen LogP contribution is 2.34. The maximum Gasteiger partial charge on any atom is 0.162 e. The van der Waals surface area contributed by atoms with E-state index >= 15 is 0 Å². The van der Waals surface area contributed by atoms with E-state index in [1.54, 1.807) is 13.2 Å². The molecule has 1 aromatic rings. The van der Waals surface area contributed by atoms with Gasteiger partial charge in [0.1, 0.15) is 0 Å². The largest absolute Gasteiger partial charge is 0.504 e. The minimum absolute atomic E-state index is 0.201. The zero-order valence-electron chi connectivity index (χ0n) is 12.3. The van der Waals surface area contributed by atoms with Crippen molar-refractivity contribution >= 4 is 11.6 Å². The van der Waals surface area contributed by atoms with E-state index in [1.807, 2.05) is 6.07 Å². The average molecular weight is 312 g/mol. The number of piperazine rings is 1. The molecule has 0 saturated carbocycles. The summed E-state index contributed by atoms with van der Waals surface area (Å²) < 4.78 is 5.16. The molecule has 2 aliphatic heterocycles. The van der Waals surface area contributed by atoms with Crippen LogP contribution in [0.2, 0.25) is 5.02 Å². The highest BCUT2D eigenvalue weighted by Gasteiger charge is 2.28. The Hall–Kier alpha value is -1.01. The van der Waals surface area contributed by atoms with Crippen LogP contribution in [0.3, 0.4) is 0 Å². The van der Waals surface area contributed by atoms with E-state index in [0.29, 0.717) is 23.4 Å². The minimum Gasteiger partial charge on any atom is -0.504 e. The van der Waals surface area contributed by atoms with E-state index in [-0.39, 0.29) is 5.75 Å². The molecule has 0 atom stereocenters. The van der Waals surface area contributed by atoms with E-state index < -0.39 is 0 Å². The van der Waals surface area contributed by atoms with Crippen molar-refractivity contribution in [2.24, 2.45) is 0 Å². The van der Waals surface area contributed by atoms with Gasteiger partial charge in [-0.05, 0) is 6.07 Å². The standard InChI is InChI=1S/C15H22ClN3O2/c1-21-14-7-12(16)6-11(15(14)20)10-18-2-4-19(5-3-18)13-8-17-9-13/h6-7,13,17,20H,2-5,8-10H2,1H3. The molecule has 0 bridgehead atoms. The number of aromatic hydroxyl groups is 1. The number of ether oxygens (including phenoxy) is 1. The van der Waals surface area contributed by atoms with Crippen molar-refractivity contribution in [3.8, 4) is 11.5 Å². The van der Waals surface area contributed by atoms with Crippen LogP contribution in [-0.4, -0.2) is 67.3 Å². The Balaban J connectivity index is 1.61. The number of methoxy groups -OCH3 is 1. The molecule has 2 heterocycles. The number of halogens is 1. The van der Waals surface area contributed by atoms with Gasteiger partial charge >= 0.3 is 0 Å². The highest BCUT2D eigenvalue weighted by molar-refractivity contribution is 6.30. The lowest BCUT2D eigenvalue weighted by molar-refractivity contribution is 0.0692. The molecule has 0 amide bonds. The van der Waals surface area contributed by atoms with Gasteiger partial charge in [-0.15, -0.1) is 0 Å². The number of rotatable bonds is 4. The van der Waals surface area contributed by atoms with Crippen molar-refractivity contribution in [3.05, 3.63) is 22.7 Å². The van der Waals surface area contributed by atoms with Crippen LogP contribution < -0.4 is 10.1 Å². The van der Waals surface area contributed by atoms with E-state index in [9.17, 15) is 5.11 Å². The third-order valence-electron chi connectivity index (χ3n) is 4.42. The van der Waals surface area contributed by atoms with Crippen LogP contribution in [-0.2, 0) is 6.54 Å². The number of hydrogen-bond acceptors (Lipinski definition) is 5. The highest BCUT2D eigenvalue weighted by atomic mass is 35.5. The van der Waals surface area contributed by atoms with Gasteiger partial charge in [0, 0.05) is 68.5 Å². The first kappa shape index (κ1) is 14.9. The normalized spacial score (nSPS) is 21.2. The number of phenols is 1. The van der Waals surface area contributed by atoms with Crippen LogP contribution >= 0.6 is 11.6 Å². The summed E-state index contributed by atoms with van der Waals surface area (Å²) >= 11 is 6.08. The average Bonchev–Trinajstić information content (AvgIpc) is 2.42. The van der Waals surface area contributed by atoms with Crippen molar-refractivity contribution in [3.63, 3.8) is 0 Å². The Morgan fingerprint density at radius 1 is 1.29 bits per heavy atom. The van der Waals surface area contributed by atoms with E-state index in [2.05, 4.69) is 15.1 Å². The van der Waals surface area contributed by atoms with E-state index in [4.69, 9.17) is 16.3 Å². The van der Waals surface area contributed by atoms with Gasteiger partial charge in [0.25, 0.3) is 0 Å². The Kier molecular flexibility index (Phi) is 4.54. The van der Waals surface area contributed by atoms with Gasteiger partial charge in [0.05, 0.1) is 7.11 Å². The fraction of sp³-hybridized carbons (Fsp3) is 0.600. The lowest BCUT2D eigenvalue weighted by Gasteiger charge is -2.43. The first-order valence-corrected chi connectivity index (χ1v) is 7.77. The maximum absolute atomic E-state index is 10.2. The third kappa shape index (κ3) is 3.26. The third-order valence-corrected chi connectivity index (χ3v) is 4.63. The number of phenolic OH excluding ortho intramolecular Hbond substituents is 1. The first-order valence-electron chi connectivity index (χ1n) is 7.40. The van der Waals surface area contributed by atoms with Gasteiger partial charge in [0.2, 0.25) is 0 Å². The molecule has 2 N–H and O–H groups in total. The molecule has 116 valence electrons. The SMILES string of the molecule is COc1cc(Cl)cc(CN2CCN(C3CNC3)CC2)c1O. The van der Waals surface area contributed by atoms with Gasteiger partial charge in [-0.1, -0.05) is 11.6 Å². The maximum atomic E-state index is 10.2. The molecule has 0 radical (unpaired) electrons. The van der Waals surface area contributed by atoms with Crippen molar-refractivity contribution < 1.29 is 9.84 Å². The number of nitrogens with one attached hydrogen (secondary N) is 1. The Labute approximate surface area is 130 Å². The van der Waals surface area contributed by atoms with Gasteiger partial charge in [-0.3, -0.25) is 9.80 Å². The van der Waals surface area contributed by atoms with Crippen LogP contribution in [0, 0.1) is 0 Å². The van der Waals surface area contributed by atoms with Crippen LogP contribution in [0.1, 0.15) is 5.56 Å². The summed E-state index contributed by atoms with van der Waals surface area (Å²) in [5.74, 6) is 0.643. The molecule has 0 aliphatic carbocycles. The van der Waals surface area contributed by atoms with Crippen molar-refractivity contribution in [2.45, 2.75) is 12.6 Å². The lowest BCUT2D eigenvalue weighted by atomic mass is 10.1. The molecule has 0 unspecified atom stereocenters. The van der Waals surface area contributed by atoms with Gasteiger partial charge in [0.15, 0.2) is 11.5 Å². The first-order chi connectivity index (χ1) is 10.2. The summed E-state index contributed by atoms with van der Waals surface area (Å²) in [5, 5.41) is 14.1. The fourth-order valence-corrected chi connectivity index (χ4v) is 3.19. The predicted octanol–water partition coefficient (Wildman–Crippen LogP) is 1.14. The number of benzene rings is 1. The molecule has 3 rings (SSSR count). The zero-order valence-corrected chi connectivity index (χ0v) is 13.1.